The first-order valence-electron chi connectivity index (χ1n) is 5.77. The van der Waals surface area contributed by atoms with Crippen LogP contribution in [0.1, 0.15) is 26.7 Å². The summed E-state index contributed by atoms with van der Waals surface area (Å²) >= 11 is 0. The van der Waals surface area contributed by atoms with Gasteiger partial charge in [0.05, 0.1) is 0 Å². The lowest BCUT2D eigenvalue weighted by Gasteiger charge is -2.32. The van der Waals surface area contributed by atoms with Crippen molar-refractivity contribution in [1.82, 2.24) is 9.80 Å². The maximum absolute atomic E-state index is 5.86. The van der Waals surface area contributed by atoms with Crippen LogP contribution in [0.2, 0.25) is 0 Å². The molecule has 1 saturated heterocycles. The Morgan fingerprint density at radius 2 is 1.93 bits per heavy atom. The highest BCUT2D eigenvalue weighted by molar-refractivity contribution is 4.74. The first kappa shape index (κ1) is 12.0. The van der Waals surface area contributed by atoms with E-state index in [4.69, 9.17) is 5.73 Å². The number of likely N-dealkylation sites (tertiary alicyclic amines) is 1. The van der Waals surface area contributed by atoms with Crippen LogP contribution in [-0.4, -0.2) is 55.1 Å². The molecule has 1 heterocycles. The molecule has 1 aliphatic heterocycles. The molecule has 1 rings (SSSR count). The monoisotopic (exact) mass is 199 g/mol. The van der Waals surface area contributed by atoms with E-state index in [9.17, 15) is 0 Å². The number of nitrogens with zero attached hydrogens (tertiary/aromatic N) is 2. The van der Waals surface area contributed by atoms with Gasteiger partial charge in [-0.05, 0) is 46.8 Å². The summed E-state index contributed by atoms with van der Waals surface area (Å²) in [6.45, 7) is 9.23. The van der Waals surface area contributed by atoms with Crippen molar-refractivity contribution in [3.05, 3.63) is 0 Å². The van der Waals surface area contributed by atoms with Gasteiger partial charge < -0.3 is 15.5 Å². The molecule has 0 unspecified atom stereocenters. The largest absolute Gasteiger partial charge is 0.328 e. The molecule has 0 radical (unpaired) electrons. The van der Waals surface area contributed by atoms with Crippen LogP contribution in [0.25, 0.3) is 0 Å². The molecular weight excluding hydrogens is 174 g/mol. The fourth-order valence-corrected chi connectivity index (χ4v) is 1.73. The summed E-state index contributed by atoms with van der Waals surface area (Å²) < 4.78 is 0. The van der Waals surface area contributed by atoms with E-state index in [1.54, 1.807) is 0 Å². The van der Waals surface area contributed by atoms with Crippen molar-refractivity contribution in [3.8, 4) is 0 Å². The van der Waals surface area contributed by atoms with Gasteiger partial charge in [0.25, 0.3) is 0 Å². The summed E-state index contributed by atoms with van der Waals surface area (Å²) in [7, 11) is 2.19. The van der Waals surface area contributed by atoms with Crippen molar-refractivity contribution in [2.24, 2.45) is 5.73 Å². The van der Waals surface area contributed by atoms with E-state index in [0.29, 0.717) is 12.1 Å². The van der Waals surface area contributed by atoms with Crippen LogP contribution in [-0.2, 0) is 0 Å². The highest BCUT2D eigenvalue weighted by atomic mass is 15.2. The molecule has 0 amide bonds. The standard InChI is InChI=1S/C11H25N3/c1-10(2)13(3)8-9-14-6-4-11(12)5-7-14/h10-11H,4-9,12H2,1-3H3. The Morgan fingerprint density at radius 1 is 1.36 bits per heavy atom. The second-order valence-electron chi connectivity index (χ2n) is 4.75. The highest BCUT2D eigenvalue weighted by Gasteiger charge is 2.16. The number of nitrogens with two attached hydrogens (primary N) is 1. The molecule has 1 aliphatic rings. The van der Waals surface area contributed by atoms with Crippen LogP contribution in [0.5, 0.6) is 0 Å². The van der Waals surface area contributed by atoms with Gasteiger partial charge in [0.15, 0.2) is 0 Å². The van der Waals surface area contributed by atoms with E-state index in [1.165, 1.54) is 39.0 Å². The second-order valence-corrected chi connectivity index (χ2v) is 4.75. The summed E-state index contributed by atoms with van der Waals surface area (Å²) in [6, 6.07) is 1.11. The molecular formula is C11H25N3. The van der Waals surface area contributed by atoms with Crippen LogP contribution in [0, 0.1) is 0 Å². The van der Waals surface area contributed by atoms with E-state index < -0.39 is 0 Å². The Labute approximate surface area is 88.2 Å². The Kier molecular flexibility index (Phi) is 4.85. The molecule has 3 heteroatoms. The Hall–Kier alpha value is -0.120. The van der Waals surface area contributed by atoms with Crippen LogP contribution in [0.3, 0.4) is 0 Å². The summed E-state index contributed by atoms with van der Waals surface area (Å²) in [4.78, 5) is 4.93. The first-order chi connectivity index (χ1) is 6.59. The molecule has 0 spiro atoms. The predicted molar refractivity (Wildman–Crippen MR) is 61.4 cm³/mol. The molecule has 0 atom stereocenters. The van der Waals surface area contributed by atoms with Crippen molar-refractivity contribution in [3.63, 3.8) is 0 Å². The fourth-order valence-electron chi connectivity index (χ4n) is 1.73. The van der Waals surface area contributed by atoms with E-state index in [2.05, 4.69) is 30.7 Å². The minimum absolute atomic E-state index is 0.453. The molecule has 84 valence electrons. The van der Waals surface area contributed by atoms with Gasteiger partial charge in [-0.2, -0.15) is 0 Å². The van der Waals surface area contributed by atoms with Gasteiger partial charge in [-0.15, -0.1) is 0 Å². The van der Waals surface area contributed by atoms with Crippen molar-refractivity contribution >= 4 is 0 Å². The van der Waals surface area contributed by atoms with Crippen molar-refractivity contribution < 1.29 is 0 Å². The SMILES string of the molecule is CC(C)N(C)CCN1CCC(N)CC1. The van der Waals surface area contributed by atoms with Crippen molar-refractivity contribution in [2.45, 2.75) is 38.8 Å². The summed E-state index contributed by atoms with van der Waals surface area (Å²) in [5.74, 6) is 0. The summed E-state index contributed by atoms with van der Waals surface area (Å²) in [6.07, 6.45) is 2.34. The lowest BCUT2D eigenvalue weighted by molar-refractivity contribution is 0.173. The zero-order valence-corrected chi connectivity index (χ0v) is 9.87. The molecule has 0 aliphatic carbocycles. The maximum Gasteiger partial charge on any atom is 0.0109 e. The predicted octanol–water partition coefficient (Wildman–Crippen LogP) is 0.750. The third-order valence-corrected chi connectivity index (χ3v) is 3.28. The van der Waals surface area contributed by atoms with Gasteiger partial charge in [-0.1, -0.05) is 0 Å². The minimum atomic E-state index is 0.453. The first-order valence-corrected chi connectivity index (χ1v) is 5.77. The molecule has 0 saturated carbocycles. The Balaban J connectivity index is 2.13. The lowest BCUT2D eigenvalue weighted by Crippen LogP contribution is -2.43. The number of rotatable bonds is 4. The molecule has 2 N–H and O–H groups in total. The quantitative estimate of drug-likeness (QED) is 0.725. The topological polar surface area (TPSA) is 32.5 Å². The van der Waals surface area contributed by atoms with E-state index in [-0.39, 0.29) is 0 Å². The van der Waals surface area contributed by atoms with Gasteiger partial charge in [-0.3, -0.25) is 0 Å². The molecule has 3 nitrogen and oxygen atoms in total. The summed E-state index contributed by atoms with van der Waals surface area (Å²) in [5.41, 5.74) is 5.86. The molecule has 1 fully saturated rings. The van der Waals surface area contributed by atoms with E-state index >= 15 is 0 Å². The number of piperidine rings is 1. The van der Waals surface area contributed by atoms with Gasteiger partial charge in [0, 0.05) is 25.2 Å². The Bertz CT molecular complexity index is 151. The van der Waals surface area contributed by atoms with Crippen molar-refractivity contribution in [2.75, 3.05) is 33.2 Å². The van der Waals surface area contributed by atoms with Gasteiger partial charge in [0.2, 0.25) is 0 Å². The highest BCUT2D eigenvalue weighted by Crippen LogP contribution is 2.07. The molecule has 14 heavy (non-hydrogen) atoms. The van der Waals surface area contributed by atoms with Crippen molar-refractivity contribution in [1.29, 1.82) is 0 Å². The second kappa shape index (κ2) is 5.69. The molecule has 0 aromatic rings. The number of likely N-dealkylation sites (N-methyl/N-ethyl adjacent to an activating group) is 1. The lowest BCUT2D eigenvalue weighted by atomic mass is 10.1. The smallest absolute Gasteiger partial charge is 0.0109 e. The third-order valence-electron chi connectivity index (χ3n) is 3.28. The Morgan fingerprint density at radius 3 is 2.43 bits per heavy atom. The number of hydrogen-bond donors (Lipinski definition) is 1. The van der Waals surface area contributed by atoms with Crippen LogP contribution >= 0.6 is 0 Å². The van der Waals surface area contributed by atoms with Gasteiger partial charge in [0.1, 0.15) is 0 Å². The maximum atomic E-state index is 5.86. The average Bonchev–Trinajstić information content (AvgIpc) is 2.16. The molecule has 0 aromatic heterocycles. The van der Waals surface area contributed by atoms with E-state index in [0.717, 1.165) is 0 Å². The molecule has 0 bridgehead atoms. The summed E-state index contributed by atoms with van der Waals surface area (Å²) in [5, 5.41) is 0. The van der Waals surface area contributed by atoms with Gasteiger partial charge >= 0.3 is 0 Å². The van der Waals surface area contributed by atoms with Crippen LogP contribution < -0.4 is 5.73 Å². The third kappa shape index (κ3) is 3.95. The average molecular weight is 199 g/mol. The molecule has 0 aromatic carbocycles. The normalized spacial score (nSPS) is 21.0. The zero-order chi connectivity index (χ0) is 10.6. The van der Waals surface area contributed by atoms with Gasteiger partial charge in [-0.25, -0.2) is 0 Å². The van der Waals surface area contributed by atoms with Crippen LogP contribution in [0.4, 0.5) is 0 Å². The minimum Gasteiger partial charge on any atom is -0.328 e. The zero-order valence-electron chi connectivity index (χ0n) is 9.87. The fraction of sp³-hybridized carbons (Fsp3) is 1.00. The number of hydrogen-bond acceptors (Lipinski definition) is 3. The van der Waals surface area contributed by atoms with E-state index in [1.807, 2.05) is 0 Å². The van der Waals surface area contributed by atoms with Crippen LogP contribution in [0.15, 0.2) is 0 Å².